The molecule has 2 atom stereocenters. The van der Waals surface area contributed by atoms with E-state index in [0.717, 1.165) is 24.9 Å². The molecule has 2 aliphatic heterocycles. The van der Waals surface area contributed by atoms with E-state index >= 15 is 0 Å². The van der Waals surface area contributed by atoms with Gasteiger partial charge in [-0.25, -0.2) is 14.4 Å². The third-order valence-electron chi connectivity index (χ3n) is 6.60. The SMILES string of the molecule is Cc1ccc(-n2nccn2)c(C(=O)N2C[C@H]3C[C@H]2CCN3c2ncc3cc(F)ccc3n2)c1. The van der Waals surface area contributed by atoms with Crippen molar-refractivity contribution in [2.24, 2.45) is 0 Å². The van der Waals surface area contributed by atoms with E-state index in [1.54, 1.807) is 24.7 Å². The van der Waals surface area contributed by atoms with Crippen LogP contribution in [0.5, 0.6) is 0 Å². The first-order valence-corrected chi connectivity index (χ1v) is 11.0. The molecular formula is C24H22FN7O. The van der Waals surface area contributed by atoms with Crippen molar-refractivity contribution >= 4 is 22.8 Å². The molecule has 0 aliphatic carbocycles. The number of piperidine rings is 1. The molecule has 1 amide bonds. The average molecular weight is 443 g/mol. The number of fused-ring (bicyclic) bond motifs is 3. The van der Waals surface area contributed by atoms with Crippen LogP contribution in [-0.2, 0) is 0 Å². The number of hydrogen-bond donors (Lipinski definition) is 0. The van der Waals surface area contributed by atoms with Crippen LogP contribution in [0.2, 0.25) is 0 Å². The van der Waals surface area contributed by atoms with Gasteiger partial charge in [0.05, 0.1) is 35.2 Å². The molecule has 8 nitrogen and oxygen atoms in total. The van der Waals surface area contributed by atoms with E-state index in [4.69, 9.17) is 0 Å². The average Bonchev–Trinajstić information content (AvgIpc) is 3.47. The second-order valence-electron chi connectivity index (χ2n) is 8.70. The molecule has 2 aliphatic rings. The third-order valence-corrected chi connectivity index (χ3v) is 6.60. The molecule has 9 heteroatoms. The number of rotatable bonds is 3. The fourth-order valence-electron chi connectivity index (χ4n) is 5.00. The summed E-state index contributed by atoms with van der Waals surface area (Å²) in [4.78, 5) is 28.5. The summed E-state index contributed by atoms with van der Waals surface area (Å²) < 4.78 is 13.5. The molecule has 0 saturated carbocycles. The number of likely N-dealkylation sites (tertiary alicyclic amines) is 1. The fraction of sp³-hybridized carbons (Fsp3) is 0.292. The van der Waals surface area contributed by atoms with E-state index in [2.05, 4.69) is 25.1 Å². The van der Waals surface area contributed by atoms with Gasteiger partial charge < -0.3 is 9.80 Å². The van der Waals surface area contributed by atoms with Crippen molar-refractivity contribution in [2.45, 2.75) is 31.8 Å². The molecule has 166 valence electrons. The Kier molecular flexibility index (Phi) is 4.56. The Hall–Kier alpha value is -3.88. The van der Waals surface area contributed by atoms with Gasteiger partial charge in [0.2, 0.25) is 5.95 Å². The molecule has 6 rings (SSSR count). The van der Waals surface area contributed by atoms with Crippen molar-refractivity contribution in [1.82, 2.24) is 29.9 Å². The molecular weight excluding hydrogens is 421 g/mol. The fourth-order valence-corrected chi connectivity index (χ4v) is 5.00. The van der Waals surface area contributed by atoms with E-state index in [0.29, 0.717) is 34.6 Å². The Labute approximate surface area is 189 Å². The van der Waals surface area contributed by atoms with Gasteiger partial charge in [0.25, 0.3) is 5.91 Å². The van der Waals surface area contributed by atoms with Gasteiger partial charge in [0.15, 0.2) is 0 Å². The number of nitrogens with zero attached hydrogens (tertiary/aromatic N) is 7. The smallest absolute Gasteiger partial charge is 0.256 e. The second-order valence-corrected chi connectivity index (χ2v) is 8.70. The highest BCUT2D eigenvalue weighted by Gasteiger charge is 2.43. The van der Waals surface area contributed by atoms with Crippen molar-refractivity contribution in [2.75, 3.05) is 18.0 Å². The van der Waals surface area contributed by atoms with Crippen LogP contribution in [0.25, 0.3) is 16.6 Å². The third kappa shape index (κ3) is 3.40. The summed E-state index contributed by atoms with van der Waals surface area (Å²) in [5, 5.41) is 9.12. The Morgan fingerprint density at radius 3 is 2.79 bits per heavy atom. The molecule has 4 heterocycles. The van der Waals surface area contributed by atoms with Gasteiger partial charge in [-0.2, -0.15) is 15.0 Å². The molecule has 0 N–H and O–H groups in total. The number of halogens is 1. The van der Waals surface area contributed by atoms with Crippen LogP contribution in [0, 0.1) is 12.7 Å². The van der Waals surface area contributed by atoms with E-state index in [-0.39, 0.29) is 23.8 Å². The number of aromatic nitrogens is 5. The van der Waals surface area contributed by atoms with Crippen LogP contribution in [0.3, 0.4) is 0 Å². The predicted octanol–water partition coefficient (Wildman–Crippen LogP) is 3.15. The molecule has 0 unspecified atom stereocenters. The van der Waals surface area contributed by atoms with Gasteiger partial charge in [-0.3, -0.25) is 4.79 Å². The van der Waals surface area contributed by atoms with Crippen molar-refractivity contribution in [3.8, 4) is 5.69 Å². The highest BCUT2D eigenvalue weighted by atomic mass is 19.1. The minimum absolute atomic E-state index is 0.00439. The van der Waals surface area contributed by atoms with E-state index in [1.165, 1.54) is 16.9 Å². The lowest BCUT2D eigenvalue weighted by Crippen LogP contribution is -2.41. The number of anilines is 1. The molecule has 2 aromatic carbocycles. The first-order valence-electron chi connectivity index (χ1n) is 11.0. The lowest BCUT2D eigenvalue weighted by Gasteiger charge is -2.32. The van der Waals surface area contributed by atoms with Crippen molar-refractivity contribution in [1.29, 1.82) is 0 Å². The molecule has 2 aromatic heterocycles. The van der Waals surface area contributed by atoms with Crippen molar-refractivity contribution < 1.29 is 9.18 Å². The molecule has 2 saturated heterocycles. The molecule has 2 fully saturated rings. The summed E-state index contributed by atoms with van der Waals surface area (Å²) in [5.74, 6) is 0.324. The van der Waals surface area contributed by atoms with Crippen LogP contribution < -0.4 is 4.90 Å². The van der Waals surface area contributed by atoms with Crippen molar-refractivity contribution in [3.63, 3.8) is 0 Å². The number of carbonyl (C=O) groups excluding carboxylic acids is 1. The molecule has 33 heavy (non-hydrogen) atoms. The zero-order chi connectivity index (χ0) is 22.5. The zero-order valence-electron chi connectivity index (χ0n) is 18.1. The van der Waals surface area contributed by atoms with E-state index < -0.39 is 0 Å². The van der Waals surface area contributed by atoms with Crippen LogP contribution in [-0.4, -0.2) is 60.9 Å². The quantitative estimate of drug-likeness (QED) is 0.484. The van der Waals surface area contributed by atoms with Gasteiger partial charge in [-0.1, -0.05) is 11.6 Å². The number of hydrogen-bond acceptors (Lipinski definition) is 6. The number of benzene rings is 2. The minimum atomic E-state index is -0.301. The Morgan fingerprint density at radius 2 is 1.94 bits per heavy atom. The second kappa shape index (κ2) is 7.61. The summed E-state index contributed by atoms with van der Waals surface area (Å²) in [5.41, 5.74) is 3.01. The van der Waals surface area contributed by atoms with Gasteiger partial charge in [-0.05, 0) is 50.1 Å². The highest BCUT2D eigenvalue weighted by Crippen LogP contribution is 2.34. The maximum Gasteiger partial charge on any atom is 0.256 e. The molecule has 4 aromatic rings. The summed E-state index contributed by atoms with van der Waals surface area (Å²) in [7, 11) is 0. The highest BCUT2D eigenvalue weighted by molar-refractivity contribution is 5.98. The van der Waals surface area contributed by atoms with E-state index in [9.17, 15) is 9.18 Å². The lowest BCUT2D eigenvalue weighted by molar-refractivity contribution is 0.0735. The summed E-state index contributed by atoms with van der Waals surface area (Å²) >= 11 is 0. The normalized spacial score (nSPS) is 19.9. The Morgan fingerprint density at radius 1 is 1.09 bits per heavy atom. The largest absolute Gasteiger partial charge is 0.336 e. The predicted molar refractivity (Wildman–Crippen MR) is 121 cm³/mol. The topological polar surface area (TPSA) is 80.0 Å². The Balaban J connectivity index is 1.28. The number of carbonyl (C=O) groups is 1. The lowest BCUT2D eigenvalue weighted by atomic mass is 10.0. The first-order chi connectivity index (χ1) is 16.1. The van der Waals surface area contributed by atoms with Gasteiger partial charge in [0.1, 0.15) is 5.82 Å². The summed E-state index contributed by atoms with van der Waals surface area (Å²) in [6.45, 7) is 3.35. The Bertz CT molecular complexity index is 1360. The molecule has 0 radical (unpaired) electrons. The number of aryl methyl sites for hydroxylation is 1. The monoisotopic (exact) mass is 443 g/mol. The maximum absolute atomic E-state index is 13.7. The van der Waals surface area contributed by atoms with Gasteiger partial charge in [-0.15, -0.1) is 0 Å². The molecule has 2 bridgehead atoms. The van der Waals surface area contributed by atoms with Crippen LogP contribution >= 0.6 is 0 Å². The van der Waals surface area contributed by atoms with Crippen LogP contribution in [0.4, 0.5) is 10.3 Å². The zero-order valence-corrected chi connectivity index (χ0v) is 18.1. The standard InChI is InChI=1S/C24H22FN7O/c1-15-2-5-22(32-27-7-8-28-32)20(10-15)23(33)31-14-19-12-18(31)6-9-30(19)24-26-13-16-11-17(25)3-4-21(16)29-24/h2-5,7-8,10-11,13,18-19H,6,9,12,14H2,1H3/t18-,19-/m1/s1. The summed E-state index contributed by atoms with van der Waals surface area (Å²) in [6.07, 6.45) is 6.59. The first kappa shape index (κ1) is 19.8. The minimum Gasteiger partial charge on any atom is -0.336 e. The van der Waals surface area contributed by atoms with Crippen molar-refractivity contribution in [3.05, 3.63) is 71.9 Å². The van der Waals surface area contributed by atoms with Gasteiger partial charge in [0, 0.05) is 30.7 Å². The van der Waals surface area contributed by atoms with Crippen LogP contribution in [0.15, 0.2) is 55.0 Å². The number of amides is 1. The van der Waals surface area contributed by atoms with E-state index in [1.807, 2.05) is 30.0 Å². The summed E-state index contributed by atoms with van der Waals surface area (Å²) in [6, 6.07) is 10.6. The van der Waals surface area contributed by atoms with Gasteiger partial charge >= 0.3 is 0 Å². The van der Waals surface area contributed by atoms with Crippen LogP contribution in [0.1, 0.15) is 28.8 Å². The maximum atomic E-state index is 13.7. The molecule has 0 spiro atoms.